The van der Waals surface area contributed by atoms with Gasteiger partial charge in [0.15, 0.2) is 0 Å². The van der Waals surface area contributed by atoms with E-state index in [4.69, 9.17) is 4.74 Å². The van der Waals surface area contributed by atoms with Gasteiger partial charge in [-0.3, -0.25) is 0 Å². The number of benzene rings is 2. The maximum Gasteiger partial charge on any atom is 0.210 e. The van der Waals surface area contributed by atoms with Crippen molar-refractivity contribution in [2.24, 2.45) is 4.99 Å². The number of hydrogen-bond donors (Lipinski definition) is 1. The normalized spacial score (nSPS) is 11.2. The molecule has 3 aromatic rings. The van der Waals surface area contributed by atoms with Gasteiger partial charge in [0.1, 0.15) is 11.5 Å². The summed E-state index contributed by atoms with van der Waals surface area (Å²) in [4.78, 5) is 8.73. The highest BCUT2D eigenvalue weighted by Crippen LogP contribution is 2.30. The van der Waals surface area contributed by atoms with E-state index in [1.54, 1.807) is 31.5 Å². The standard InChI is InChI=1S/C15H12N2O2S/c1-19-11-6-7-12-14(8-11)20-15(17-12)16-9-10-4-2-3-5-13(10)18/h2-9,18H,1H3/b16-9+. The number of phenols is 1. The lowest BCUT2D eigenvalue weighted by atomic mass is 10.2. The Morgan fingerprint density at radius 3 is 2.90 bits per heavy atom. The van der Waals surface area contributed by atoms with Crippen LogP contribution in [0.15, 0.2) is 47.5 Å². The van der Waals surface area contributed by atoms with Crippen LogP contribution in [0.25, 0.3) is 10.2 Å². The van der Waals surface area contributed by atoms with Crippen molar-refractivity contribution in [1.82, 2.24) is 4.98 Å². The minimum absolute atomic E-state index is 0.207. The van der Waals surface area contributed by atoms with E-state index in [2.05, 4.69) is 9.98 Å². The lowest BCUT2D eigenvalue weighted by molar-refractivity contribution is 0.415. The zero-order valence-corrected chi connectivity index (χ0v) is 11.6. The Labute approximate surface area is 120 Å². The summed E-state index contributed by atoms with van der Waals surface area (Å²) in [5, 5.41) is 10.3. The molecular weight excluding hydrogens is 272 g/mol. The zero-order valence-electron chi connectivity index (χ0n) is 10.8. The van der Waals surface area contributed by atoms with E-state index in [0.717, 1.165) is 16.0 Å². The number of ether oxygens (including phenoxy) is 1. The number of aliphatic imine (C=N–C) groups is 1. The Kier molecular flexibility index (Phi) is 3.35. The third-order valence-corrected chi connectivity index (χ3v) is 3.76. The smallest absolute Gasteiger partial charge is 0.210 e. The molecule has 20 heavy (non-hydrogen) atoms. The second kappa shape index (κ2) is 5.30. The fourth-order valence-electron chi connectivity index (χ4n) is 1.80. The van der Waals surface area contributed by atoms with E-state index in [1.807, 2.05) is 24.3 Å². The third kappa shape index (κ3) is 2.48. The molecule has 0 fully saturated rings. The van der Waals surface area contributed by atoms with Gasteiger partial charge in [-0.05, 0) is 30.3 Å². The molecule has 3 rings (SSSR count). The Bertz CT molecular complexity index is 780. The topological polar surface area (TPSA) is 54.7 Å². The van der Waals surface area contributed by atoms with Gasteiger partial charge in [-0.15, -0.1) is 0 Å². The molecule has 100 valence electrons. The third-order valence-electron chi connectivity index (χ3n) is 2.84. The number of aromatic hydroxyl groups is 1. The Morgan fingerprint density at radius 2 is 2.10 bits per heavy atom. The van der Waals surface area contributed by atoms with Crippen LogP contribution in [0.2, 0.25) is 0 Å². The molecule has 0 bridgehead atoms. The maximum atomic E-state index is 9.67. The van der Waals surface area contributed by atoms with Gasteiger partial charge in [0, 0.05) is 11.8 Å². The van der Waals surface area contributed by atoms with Crippen LogP contribution in [-0.4, -0.2) is 23.4 Å². The van der Waals surface area contributed by atoms with Crippen molar-refractivity contribution in [1.29, 1.82) is 0 Å². The number of fused-ring (bicyclic) bond motifs is 1. The van der Waals surface area contributed by atoms with Crippen molar-refractivity contribution in [3.63, 3.8) is 0 Å². The summed E-state index contributed by atoms with van der Waals surface area (Å²) < 4.78 is 6.21. The Balaban J connectivity index is 1.93. The van der Waals surface area contributed by atoms with Crippen molar-refractivity contribution in [2.45, 2.75) is 0 Å². The summed E-state index contributed by atoms with van der Waals surface area (Å²) >= 11 is 1.48. The molecule has 1 aromatic heterocycles. The van der Waals surface area contributed by atoms with Crippen LogP contribution in [-0.2, 0) is 0 Å². The average molecular weight is 284 g/mol. The van der Waals surface area contributed by atoms with Crippen LogP contribution in [0.4, 0.5) is 5.13 Å². The summed E-state index contributed by atoms with van der Waals surface area (Å²) in [5.74, 6) is 1.01. The molecule has 0 atom stereocenters. The number of thiazole rings is 1. The summed E-state index contributed by atoms with van der Waals surface area (Å²) in [5.41, 5.74) is 1.56. The second-order valence-electron chi connectivity index (χ2n) is 4.15. The molecule has 0 saturated carbocycles. The van der Waals surface area contributed by atoms with Gasteiger partial charge in [-0.25, -0.2) is 9.98 Å². The van der Waals surface area contributed by atoms with E-state index in [0.29, 0.717) is 10.7 Å². The first-order chi connectivity index (χ1) is 9.76. The van der Waals surface area contributed by atoms with Gasteiger partial charge >= 0.3 is 0 Å². The lowest BCUT2D eigenvalue weighted by Crippen LogP contribution is -1.80. The number of aromatic nitrogens is 1. The van der Waals surface area contributed by atoms with Gasteiger partial charge in [-0.2, -0.15) is 0 Å². The predicted octanol–water partition coefficient (Wildman–Crippen LogP) is 3.76. The predicted molar refractivity (Wildman–Crippen MR) is 81.5 cm³/mol. The van der Waals surface area contributed by atoms with Crippen LogP contribution in [0, 0.1) is 0 Å². The number of methoxy groups -OCH3 is 1. The summed E-state index contributed by atoms with van der Waals surface area (Å²) in [6.45, 7) is 0. The van der Waals surface area contributed by atoms with Crippen LogP contribution in [0.3, 0.4) is 0 Å². The minimum Gasteiger partial charge on any atom is -0.507 e. The van der Waals surface area contributed by atoms with Crippen molar-refractivity contribution in [3.05, 3.63) is 48.0 Å². The highest BCUT2D eigenvalue weighted by Gasteiger charge is 2.04. The molecule has 0 aliphatic heterocycles. The van der Waals surface area contributed by atoms with Crippen molar-refractivity contribution in [3.8, 4) is 11.5 Å². The lowest BCUT2D eigenvalue weighted by Gasteiger charge is -1.96. The van der Waals surface area contributed by atoms with E-state index in [9.17, 15) is 5.11 Å². The van der Waals surface area contributed by atoms with E-state index in [-0.39, 0.29) is 5.75 Å². The van der Waals surface area contributed by atoms with Crippen molar-refractivity contribution < 1.29 is 9.84 Å². The highest BCUT2D eigenvalue weighted by atomic mass is 32.1. The first kappa shape index (κ1) is 12.6. The van der Waals surface area contributed by atoms with Crippen LogP contribution in [0.1, 0.15) is 5.56 Å². The fourth-order valence-corrected chi connectivity index (χ4v) is 2.64. The molecule has 1 N–H and O–H groups in total. The fraction of sp³-hybridized carbons (Fsp3) is 0.0667. The van der Waals surface area contributed by atoms with Crippen LogP contribution in [0.5, 0.6) is 11.5 Å². The van der Waals surface area contributed by atoms with Gasteiger partial charge in [0.25, 0.3) is 0 Å². The first-order valence-corrected chi connectivity index (χ1v) is 6.84. The number of rotatable bonds is 3. The van der Waals surface area contributed by atoms with Gasteiger partial charge in [0.05, 0.1) is 17.3 Å². The van der Waals surface area contributed by atoms with E-state index < -0.39 is 0 Å². The number of phenolic OH excluding ortho intramolecular Hbond substituents is 1. The SMILES string of the molecule is COc1ccc2nc(/N=C/c3ccccc3O)sc2c1. The van der Waals surface area contributed by atoms with Gasteiger partial charge in [0.2, 0.25) is 5.13 Å². The summed E-state index contributed by atoms with van der Waals surface area (Å²) in [6.07, 6.45) is 1.62. The maximum absolute atomic E-state index is 9.67. The van der Waals surface area contributed by atoms with Gasteiger partial charge in [-0.1, -0.05) is 23.5 Å². The van der Waals surface area contributed by atoms with Crippen molar-refractivity contribution in [2.75, 3.05) is 7.11 Å². The molecule has 4 nitrogen and oxygen atoms in total. The van der Waals surface area contributed by atoms with Crippen molar-refractivity contribution >= 4 is 32.9 Å². The molecular formula is C15H12N2O2S. The van der Waals surface area contributed by atoms with E-state index in [1.165, 1.54) is 11.3 Å². The van der Waals surface area contributed by atoms with Gasteiger partial charge < -0.3 is 9.84 Å². The highest BCUT2D eigenvalue weighted by molar-refractivity contribution is 7.22. The molecule has 0 unspecified atom stereocenters. The average Bonchev–Trinajstić information content (AvgIpc) is 2.88. The number of hydrogen-bond acceptors (Lipinski definition) is 5. The molecule has 0 saturated heterocycles. The summed E-state index contributed by atoms with van der Waals surface area (Å²) in [6, 6.07) is 12.8. The second-order valence-corrected chi connectivity index (χ2v) is 5.16. The zero-order chi connectivity index (χ0) is 13.9. The monoisotopic (exact) mass is 284 g/mol. The minimum atomic E-state index is 0.207. The molecule has 0 radical (unpaired) electrons. The number of nitrogens with zero attached hydrogens (tertiary/aromatic N) is 2. The van der Waals surface area contributed by atoms with Crippen LogP contribution >= 0.6 is 11.3 Å². The summed E-state index contributed by atoms with van der Waals surface area (Å²) in [7, 11) is 1.64. The number of para-hydroxylation sites is 1. The Morgan fingerprint density at radius 1 is 1.25 bits per heavy atom. The molecule has 2 aromatic carbocycles. The molecule has 0 amide bonds. The molecule has 1 heterocycles. The van der Waals surface area contributed by atoms with Crippen LogP contribution < -0.4 is 4.74 Å². The van der Waals surface area contributed by atoms with E-state index >= 15 is 0 Å². The largest absolute Gasteiger partial charge is 0.507 e. The molecule has 0 aliphatic carbocycles. The quantitative estimate of drug-likeness (QED) is 0.745. The molecule has 5 heteroatoms. The molecule has 0 aliphatic rings. The molecule has 0 spiro atoms. The first-order valence-electron chi connectivity index (χ1n) is 6.03. The Hall–Kier alpha value is -2.40.